The summed E-state index contributed by atoms with van der Waals surface area (Å²) in [6, 6.07) is 4.67. The zero-order chi connectivity index (χ0) is 13.4. The van der Waals surface area contributed by atoms with Gasteiger partial charge in [0.15, 0.2) is 0 Å². The third kappa shape index (κ3) is 4.41. The van der Waals surface area contributed by atoms with E-state index in [4.69, 9.17) is 0 Å². The zero-order valence-corrected chi connectivity index (χ0v) is 12.4. The topological polar surface area (TPSA) is 24.9 Å². The lowest BCUT2D eigenvalue weighted by Gasteiger charge is -2.23. The van der Waals surface area contributed by atoms with Crippen LogP contribution in [0.1, 0.15) is 64.3 Å². The second-order valence-electron chi connectivity index (χ2n) is 5.16. The average Bonchev–Trinajstić information content (AvgIpc) is 2.43. The first-order chi connectivity index (χ1) is 8.72. The molecule has 0 aliphatic carbocycles. The molecule has 0 spiro atoms. The summed E-state index contributed by atoms with van der Waals surface area (Å²) in [5, 5.41) is 3.66. The number of nitrogens with one attached hydrogen (secondary N) is 1. The Morgan fingerprint density at radius 2 is 2.06 bits per heavy atom. The minimum atomic E-state index is 0.413. The van der Waals surface area contributed by atoms with Crippen molar-refractivity contribution in [3.05, 3.63) is 29.6 Å². The first-order valence-corrected chi connectivity index (χ1v) is 7.40. The van der Waals surface area contributed by atoms with Gasteiger partial charge >= 0.3 is 0 Å². The molecule has 0 fully saturated rings. The molecule has 2 unspecified atom stereocenters. The van der Waals surface area contributed by atoms with Crippen LogP contribution >= 0.6 is 0 Å². The molecule has 1 heterocycles. The summed E-state index contributed by atoms with van der Waals surface area (Å²) in [7, 11) is 0. The van der Waals surface area contributed by atoms with E-state index in [1.54, 1.807) is 0 Å². The van der Waals surface area contributed by atoms with Gasteiger partial charge in [-0.05, 0) is 43.4 Å². The van der Waals surface area contributed by atoms with Crippen molar-refractivity contribution in [1.82, 2.24) is 10.3 Å². The number of aryl methyl sites for hydroxylation is 1. The molecule has 0 aromatic carbocycles. The number of pyridine rings is 1. The van der Waals surface area contributed by atoms with Crippen LogP contribution in [0.15, 0.2) is 18.3 Å². The van der Waals surface area contributed by atoms with Gasteiger partial charge in [-0.3, -0.25) is 4.98 Å². The van der Waals surface area contributed by atoms with Crippen molar-refractivity contribution in [1.29, 1.82) is 0 Å². The van der Waals surface area contributed by atoms with Gasteiger partial charge in [-0.15, -0.1) is 0 Å². The minimum Gasteiger partial charge on any atom is -0.309 e. The van der Waals surface area contributed by atoms with Crippen LogP contribution in [0.5, 0.6) is 0 Å². The Morgan fingerprint density at radius 3 is 2.67 bits per heavy atom. The predicted octanol–water partition coefficient (Wildman–Crippen LogP) is 4.12. The summed E-state index contributed by atoms with van der Waals surface area (Å²) in [4.78, 5) is 4.63. The minimum absolute atomic E-state index is 0.413. The van der Waals surface area contributed by atoms with Crippen molar-refractivity contribution in [3.63, 3.8) is 0 Å². The fourth-order valence-electron chi connectivity index (χ4n) is 2.24. The molecule has 2 atom stereocenters. The van der Waals surface area contributed by atoms with Crippen molar-refractivity contribution in [3.8, 4) is 0 Å². The van der Waals surface area contributed by atoms with E-state index in [1.165, 1.54) is 30.5 Å². The molecule has 102 valence electrons. The Labute approximate surface area is 112 Å². The number of rotatable bonds is 8. The summed E-state index contributed by atoms with van der Waals surface area (Å²) in [5.41, 5.74) is 2.64. The standard InChI is InChI=1S/C16H28N2/c1-5-10-17-15(12-13(4)6-2)16-14(7-3)9-8-11-18-16/h8-9,11,13,15,17H,5-7,10,12H2,1-4H3. The van der Waals surface area contributed by atoms with Crippen molar-refractivity contribution < 1.29 is 0 Å². The number of nitrogens with zero attached hydrogens (tertiary/aromatic N) is 1. The van der Waals surface area contributed by atoms with Gasteiger partial charge in [-0.25, -0.2) is 0 Å². The van der Waals surface area contributed by atoms with Crippen molar-refractivity contribution in [2.24, 2.45) is 5.92 Å². The van der Waals surface area contributed by atoms with Gasteiger partial charge in [0.1, 0.15) is 0 Å². The molecule has 0 saturated heterocycles. The largest absolute Gasteiger partial charge is 0.309 e. The predicted molar refractivity (Wildman–Crippen MR) is 78.7 cm³/mol. The number of hydrogen-bond acceptors (Lipinski definition) is 2. The van der Waals surface area contributed by atoms with Gasteiger partial charge in [-0.2, -0.15) is 0 Å². The maximum atomic E-state index is 4.63. The van der Waals surface area contributed by atoms with Crippen LogP contribution in [0.2, 0.25) is 0 Å². The number of hydrogen-bond donors (Lipinski definition) is 1. The molecule has 18 heavy (non-hydrogen) atoms. The smallest absolute Gasteiger partial charge is 0.0605 e. The van der Waals surface area contributed by atoms with Crippen molar-refractivity contribution in [2.75, 3.05) is 6.54 Å². The summed E-state index contributed by atoms with van der Waals surface area (Å²) in [6.45, 7) is 10.1. The Bertz CT molecular complexity index is 336. The summed E-state index contributed by atoms with van der Waals surface area (Å²) < 4.78 is 0. The summed E-state index contributed by atoms with van der Waals surface area (Å²) >= 11 is 0. The molecule has 1 N–H and O–H groups in total. The molecule has 0 amide bonds. The van der Waals surface area contributed by atoms with Gasteiger partial charge in [0.25, 0.3) is 0 Å². The Kier molecular flexibility index (Phi) is 6.96. The number of aromatic nitrogens is 1. The van der Waals surface area contributed by atoms with Gasteiger partial charge in [-0.1, -0.05) is 40.2 Å². The molecule has 0 saturated carbocycles. The van der Waals surface area contributed by atoms with E-state index in [-0.39, 0.29) is 0 Å². The molecular formula is C16H28N2. The van der Waals surface area contributed by atoms with E-state index in [9.17, 15) is 0 Å². The fourth-order valence-corrected chi connectivity index (χ4v) is 2.24. The van der Waals surface area contributed by atoms with Crippen LogP contribution in [-0.4, -0.2) is 11.5 Å². The molecular weight excluding hydrogens is 220 g/mol. The molecule has 0 aliphatic heterocycles. The van der Waals surface area contributed by atoms with Gasteiger partial charge in [0, 0.05) is 6.20 Å². The van der Waals surface area contributed by atoms with Crippen LogP contribution < -0.4 is 5.32 Å². The van der Waals surface area contributed by atoms with E-state index in [0.717, 1.165) is 18.9 Å². The lowest BCUT2D eigenvalue weighted by atomic mass is 9.94. The maximum absolute atomic E-state index is 4.63. The highest BCUT2D eigenvalue weighted by atomic mass is 14.9. The highest BCUT2D eigenvalue weighted by molar-refractivity contribution is 5.23. The SMILES string of the molecule is CCCNC(CC(C)CC)c1ncccc1CC. The molecule has 1 aromatic rings. The van der Waals surface area contributed by atoms with Gasteiger partial charge in [0.2, 0.25) is 0 Å². The first kappa shape index (κ1) is 15.2. The van der Waals surface area contributed by atoms with Crippen molar-refractivity contribution >= 4 is 0 Å². The molecule has 2 heteroatoms. The molecule has 1 aromatic heterocycles. The van der Waals surface area contributed by atoms with Gasteiger partial charge < -0.3 is 5.32 Å². The van der Waals surface area contributed by atoms with Crippen LogP contribution in [0, 0.1) is 5.92 Å². The summed E-state index contributed by atoms with van der Waals surface area (Å²) in [6.07, 6.45) is 6.57. The molecule has 2 nitrogen and oxygen atoms in total. The van der Waals surface area contributed by atoms with E-state index in [1.807, 2.05) is 12.3 Å². The molecule has 1 rings (SSSR count). The third-order valence-electron chi connectivity index (χ3n) is 3.61. The molecule has 0 radical (unpaired) electrons. The van der Waals surface area contributed by atoms with Gasteiger partial charge in [0.05, 0.1) is 11.7 Å². The normalized spacial score (nSPS) is 14.4. The molecule has 0 bridgehead atoms. The fraction of sp³-hybridized carbons (Fsp3) is 0.688. The highest BCUT2D eigenvalue weighted by Crippen LogP contribution is 2.24. The van der Waals surface area contributed by atoms with Crippen LogP contribution in [0.3, 0.4) is 0 Å². The second kappa shape index (κ2) is 8.25. The summed E-state index contributed by atoms with van der Waals surface area (Å²) in [5.74, 6) is 0.742. The monoisotopic (exact) mass is 248 g/mol. The lowest BCUT2D eigenvalue weighted by molar-refractivity contribution is 0.394. The van der Waals surface area contributed by atoms with Crippen molar-refractivity contribution in [2.45, 2.75) is 59.4 Å². The van der Waals surface area contributed by atoms with E-state index >= 15 is 0 Å². The maximum Gasteiger partial charge on any atom is 0.0605 e. The Balaban J connectivity index is 2.85. The van der Waals surface area contributed by atoms with Crippen LogP contribution in [0.25, 0.3) is 0 Å². The third-order valence-corrected chi connectivity index (χ3v) is 3.61. The average molecular weight is 248 g/mol. The van der Waals surface area contributed by atoms with E-state index in [2.05, 4.69) is 44.1 Å². The second-order valence-corrected chi connectivity index (χ2v) is 5.16. The quantitative estimate of drug-likeness (QED) is 0.748. The Hall–Kier alpha value is -0.890. The lowest BCUT2D eigenvalue weighted by Crippen LogP contribution is -2.25. The Morgan fingerprint density at radius 1 is 1.28 bits per heavy atom. The molecule has 0 aliphatic rings. The van der Waals surface area contributed by atoms with E-state index < -0.39 is 0 Å². The highest BCUT2D eigenvalue weighted by Gasteiger charge is 2.17. The van der Waals surface area contributed by atoms with Crippen LogP contribution in [-0.2, 0) is 6.42 Å². The zero-order valence-electron chi connectivity index (χ0n) is 12.4. The first-order valence-electron chi connectivity index (χ1n) is 7.40. The van der Waals surface area contributed by atoms with Crippen LogP contribution in [0.4, 0.5) is 0 Å². The van der Waals surface area contributed by atoms with E-state index in [0.29, 0.717) is 6.04 Å².